The number of fused-ring (bicyclic) bond motifs is 1. The highest BCUT2D eigenvalue weighted by molar-refractivity contribution is 5.41. The number of hydrogen-bond donors (Lipinski definition) is 1. The van der Waals surface area contributed by atoms with E-state index < -0.39 is 6.10 Å². The molecule has 1 heterocycles. The van der Waals surface area contributed by atoms with Crippen LogP contribution in [-0.4, -0.2) is 5.11 Å². The molecule has 2 heteroatoms. The van der Waals surface area contributed by atoms with Gasteiger partial charge in [0.25, 0.3) is 0 Å². The largest absolute Gasteiger partial charge is 0.485 e. The molecular weight excluding hydrogens is 236 g/mol. The molecule has 0 aromatic heterocycles. The molecule has 0 bridgehead atoms. The van der Waals surface area contributed by atoms with Gasteiger partial charge in [0.05, 0.1) is 6.10 Å². The minimum Gasteiger partial charge on any atom is -0.485 e. The molecule has 1 N–H and O–H groups in total. The molecule has 0 amide bonds. The van der Waals surface area contributed by atoms with E-state index >= 15 is 0 Å². The highest BCUT2D eigenvalue weighted by Crippen LogP contribution is 2.41. The Kier molecular flexibility index (Phi) is 3.03. The standard InChI is InChI=1S/C17H18O2/c1-11-7-8-16-14(9-11)15(18)10-17(19-16)13-6-4-3-5-12(13)2/h3-9,15,17-18H,10H2,1-2H3/t15-,17?/m0/s1. The Morgan fingerprint density at radius 1 is 1.05 bits per heavy atom. The van der Waals surface area contributed by atoms with Crippen LogP contribution in [-0.2, 0) is 0 Å². The number of hydrogen-bond acceptors (Lipinski definition) is 2. The zero-order valence-electron chi connectivity index (χ0n) is 11.3. The normalized spacial score (nSPS) is 21.6. The first-order valence-electron chi connectivity index (χ1n) is 6.66. The third-order valence-electron chi connectivity index (χ3n) is 3.77. The molecule has 0 saturated carbocycles. The van der Waals surface area contributed by atoms with Crippen LogP contribution in [0.25, 0.3) is 0 Å². The summed E-state index contributed by atoms with van der Waals surface area (Å²) < 4.78 is 6.06. The van der Waals surface area contributed by atoms with Gasteiger partial charge in [-0.25, -0.2) is 0 Å². The van der Waals surface area contributed by atoms with E-state index in [1.54, 1.807) is 0 Å². The predicted molar refractivity (Wildman–Crippen MR) is 75.3 cm³/mol. The summed E-state index contributed by atoms with van der Waals surface area (Å²) in [6.45, 7) is 4.11. The van der Waals surface area contributed by atoms with E-state index in [0.717, 1.165) is 22.4 Å². The summed E-state index contributed by atoms with van der Waals surface area (Å²) in [5.41, 5.74) is 4.42. The summed E-state index contributed by atoms with van der Waals surface area (Å²) in [6, 6.07) is 14.2. The number of aliphatic hydroxyl groups is 1. The van der Waals surface area contributed by atoms with Crippen LogP contribution in [0.15, 0.2) is 42.5 Å². The van der Waals surface area contributed by atoms with Crippen molar-refractivity contribution in [2.24, 2.45) is 0 Å². The fourth-order valence-electron chi connectivity index (χ4n) is 2.71. The SMILES string of the molecule is Cc1ccc2c(c1)[C@@H](O)CC(c1ccccc1C)O2. The predicted octanol–water partition coefficient (Wildman–Crippen LogP) is 3.86. The van der Waals surface area contributed by atoms with Crippen molar-refractivity contribution in [2.75, 3.05) is 0 Å². The Morgan fingerprint density at radius 3 is 2.63 bits per heavy atom. The van der Waals surface area contributed by atoms with Gasteiger partial charge in [0, 0.05) is 12.0 Å². The Morgan fingerprint density at radius 2 is 1.84 bits per heavy atom. The van der Waals surface area contributed by atoms with Crippen LogP contribution in [0.3, 0.4) is 0 Å². The van der Waals surface area contributed by atoms with Crippen LogP contribution in [0, 0.1) is 13.8 Å². The van der Waals surface area contributed by atoms with Crippen molar-refractivity contribution in [1.82, 2.24) is 0 Å². The van der Waals surface area contributed by atoms with E-state index in [2.05, 4.69) is 19.1 Å². The van der Waals surface area contributed by atoms with Crippen molar-refractivity contribution in [2.45, 2.75) is 32.5 Å². The van der Waals surface area contributed by atoms with Gasteiger partial charge in [0.1, 0.15) is 11.9 Å². The lowest BCUT2D eigenvalue weighted by molar-refractivity contribution is 0.0654. The summed E-state index contributed by atoms with van der Waals surface area (Å²) in [4.78, 5) is 0. The zero-order chi connectivity index (χ0) is 13.4. The molecule has 19 heavy (non-hydrogen) atoms. The van der Waals surface area contributed by atoms with Crippen molar-refractivity contribution in [3.63, 3.8) is 0 Å². The second-order valence-corrected chi connectivity index (χ2v) is 5.26. The van der Waals surface area contributed by atoms with Crippen LogP contribution in [0.2, 0.25) is 0 Å². The van der Waals surface area contributed by atoms with Gasteiger partial charge in [0.15, 0.2) is 0 Å². The third kappa shape index (κ3) is 2.24. The van der Waals surface area contributed by atoms with Gasteiger partial charge in [0.2, 0.25) is 0 Å². The number of ether oxygens (including phenoxy) is 1. The Bertz CT molecular complexity index is 604. The molecule has 0 aliphatic carbocycles. The van der Waals surface area contributed by atoms with E-state index in [-0.39, 0.29) is 6.10 Å². The first kappa shape index (κ1) is 12.2. The Labute approximate surface area is 113 Å². The zero-order valence-corrected chi connectivity index (χ0v) is 11.3. The minimum absolute atomic E-state index is 0.0635. The lowest BCUT2D eigenvalue weighted by Crippen LogP contribution is -2.19. The van der Waals surface area contributed by atoms with E-state index in [0.29, 0.717) is 6.42 Å². The lowest BCUT2D eigenvalue weighted by atomic mass is 9.92. The molecule has 1 aliphatic heterocycles. The van der Waals surface area contributed by atoms with Crippen molar-refractivity contribution >= 4 is 0 Å². The van der Waals surface area contributed by atoms with E-state index in [9.17, 15) is 5.11 Å². The highest BCUT2D eigenvalue weighted by atomic mass is 16.5. The Hall–Kier alpha value is -1.80. The van der Waals surface area contributed by atoms with Crippen molar-refractivity contribution < 1.29 is 9.84 Å². The van der Waals surface area contributed by atoms with Crippen LogP contribution < -0.4 is 4.74 Å². The molecule has 0 spiro atoms. The van der Waals surface area contributed by atoms with Gasteiger partial charge >= 0.3 is 0 Å². The molecule has 0 radical (unpaired) electrons. The minimum atomic E-state index is -0.451. The fraction of sp³-hybridized carbons (Fsp3) is 0.294. The summed E-state index contributed by atoms with van der Waals surface area (Å²) in [5, 5.41) is 10.3. The van der Waals surface area contributed by atoms with Gasteiger partial charge in [-0.15, -0.1) is 0 Å². The van der Waals surface area contributed by atoms with Gasteiger partial charge in [-0.3, -0.25) is 0 Å². The van der Waals surface area contributed by atoms with Gasteiger partial charge in [-0.2, -0.15) is 0 Å². The van der Waals surface area contributed by atoms with Gasteiger partial charge < -0.3 is 9.84 Å². The second-order valence-electron chi connectivity index (χ2n) is 5.26. The maximum absolute atomic E-state index is 10.3. The van der Waals surface area contributed by atoms with Crippen molar-refractivity contribution in [3.8, 4) is 5.75 Å². The maximum Gasteiger partial charge on any atom is 0.127 e. The topological polar surface area (TPSA) is 29.5 Å². The average Bonchev–Trinajstić information content (AvgIpc) is 2.40. The number of rotatable bonds is 1. The van der Waals surface area contributed by atoms with Crippen LogP contribution in [0.4, 0.5) is 0 Å². The molecule has 2 nitrogen and oxygen atoms in total. The summed E-state index contributed by atoms with van der Waals surface area (Å²) in [7, 11) is 0. The van der Waals surface area contributed by atoms with E-state index in [4.69, 9.17) is 4.74 Å². The molecule has 98 valence electrons. The van der Waals surface area contributed by atoms with Crippen LogP contribution in [0.1, 0.15) is 40.9 Å². The molecule has 2 aromatic rings. The second kappa shape index (κ2) is 4.71. The quantitative estimate of drug-likeness (QED) is 0.837. The molecule has 2 atom stereocenters. The van der Waals surface area contributed by atoms with Crippen LogP contribution in [0.5, 0.6) is 5.75 Å². The van der Waals surface area contributed by atoms with Gasteiger partial charge in [-0.1, -0.05) is 35.9 Å². The molecule has 1 unspecified atom stereocenters. The number of benzene rings is 2. The molecule has 0 fully saturated rings. The number of aryl methyl sites for hydroxylation is 2. The first-order chi connectivity index (χ1) is 9.15. The molecule has 1 aliphatic rings. The molecule has 3 rings (SSSR count). The lowest BCUT2D eigenvalue weighted by Gasteiger charge is -2.31. The molecule has 0 saturated heterocycles. The Balaban J connectivity index is 1.97. The van der Waals surface area contributed by atoms with Crippen molar-refractivity contribution in [3.05, 3.63) is 64.7 Å². The summed E-state index contributed by atoms with van der Waals surface area (Å²) in [5.74, 6) is 0.803. The van der Waals surface area contributed by atoms with Gasteiger partial charge in [-0.05, 0) is 37.1 Å². The molecule has 2 aromatic carbocycles. The van der Waals surface area contributed by atoms with Crippen LogP contribution >= 0.6 is 0 Å². The first-order valence-corrected chi connectivity index (χ1v) is 6.66. The third-order valence-corrected chi connectivity index (χ3v) is 3.77. The highest BCUT2D eigenvalue weighted by Gasteiger charge is 2.28. The van der Waals surface area contributed by atoms with Crippen molar-refractivity contribution in [1.29, 1.82) is 0 Å². The summed E-state index contributed by atoms with van der Waals surface area (Å²) in [6.07, 6.45) is 0.0982. The van der Waals surface area contributed by atoms with E-state index in [1.807, 2.05) is 37.3 Å². The smallest absolute Gasteiger partial charge is 0.127 e. The average molecular weight is 254 g/mol. The summed E-state index contributed by atoms with van der Waals surface area (Å²) >= 11 is 0. The molecular formula is C17H18O2. The monoisotopic (exact) mass is 254 g/mol. The van der Waals surface area contributed by atoms with E-state index in [1.165, 1.54) is 5.56 Å². The maximum atomic E-state index is 10.3. The fourth-order valence-corrected chi connectivity index (χ4v) is 2.71. The number of aliphatic hydroxyl groups excluding tert-OH is 1.